The molecule has 0 atom stereocenters. The molecule has 1 radical (unpaired) electrons. The number of aryl methyl sites for hydroxylation is 2. The average Bonchev–Trinajstić information content (AvgIpc) is 2.19. The van der Waals surface area contributed by atoms with E-state index in [-0.39, 0.29) is 0 Å². The van der Waals surface area contributed by atoms with Gasteiger partial charge in [-0.3, -0.25) is 0 Å². The summed E-state index contributed by atoms with van der Waals surface area (Å²) in [4.78, 5) is 2.42. The number of para-hydroxylation sites is 1. The van der Waals surface area contributed by atoms with Crippen LogP contribution in [0.4, 0.5) is 5.69 Å². The highest BCUT2D eigenvalue weighted by atomic mass is 15.1. The summed E-state index contributed by atoms with van der Waals surface area (Å²) in [6, 6.07) is 6.54. The van der Waals surface area contributed by atoms with Gasteiger partial charge in [0, 0.05) is 18.8 Å². The van der Waals surface area contributed by atoms with Gasteiger partial charge in [0.1, 0.15) is 0 Å². The summed E-state index contributed by atoms with van der Waals surface area (Å²) in [7, 11) is 0. The van der Waals surface area contributed by atoms with Gasteiger partial charge in [-0.2, -0.15) is 0 Å². The number of benzene rings is 1. The highest BCUT2D eigenvalue weighted by molar-refractivity contribution is 5.60. The maximum atomic E-state index is 2.42. The van der Waals surface area contributed by atoms with Crippen molar-refractivity contribution < 1.29 is 0 Å². The number of rotatable bonds is 1. The van der Waals surface area contributed by atoms with Crippen molar-refractivity contribution in [1.29, 1.82) is 0 Å². The minimum atomic E-state index is 1.19. The summed E-state index contributed by atoms with van der Waals surface area (Å²) in [5, 5.41) is 0. The lowest BCUT2D eigenvalue weighted by molar-refractivity contribution is 0.631. The summed E-state index contributed by atoms with van der Waals surface area (Å²) in [5.41, 5.74) is 4.21. The van der Waals surface area contributed by atoms with Crippen molar-refractivity contribution in [2.24, 2.45) is 0 Å². The smallest absolute Gasteiger partial charge is 0.0493 e. The van der Waals surface area contributed by atoms with Crippen LogP contribution in [0.2, 0.25) is 0 Å². The first-order valence-corrected chi connectivity index (χ1v) is 5.45. The van der Waals surface area contributed by atoms with Crippen LogP contribution in [0.3, 0.4) is 0 Å². The Morgan fingerprint density at radius 3 is 2.36 bits per heavy atom. The van der Waals surface area contributed by atoms with Gasteiger partial charge in [0.25, 0.3) is 0 Å². The van der Waals surface area contributed by atoms with Gasteiger partial charge in [-0.05, 0) is 44.2 Å². The fourth-order valence-electron chi connectivity index (χ4n) is 2.23. The van der Waals surface area contributed by atoms with E-state index in [4.69, 9.17) is 0 Å². The first-order chi connectivity index (χ1) is 6.79. The maximum Gasteiger partial charge on any atom is 0.0493 e. The summed E-state index contributed by atoms with van der Waals surface area (Å²) in [5.74, 6) is 0. The minimum Gasteiger partial charge on any atom is -0.366 e. The maximum absolute atomic E-state index is 2.42. The summed E-state index contributed by atoms with van der Waals surface area (Å²) >= 11 is 0. The molecule has 1 aliphatic heterocycles. The minimum absolute atomic E-state index is 1.19. The molecule has 1 aliphatic rings. The molecule has 0 N–H and O–H groups in total. The SMILES string of the molecule is Cc1cccc(C)c1N1[CH]CCCC1. The Morgan fingerprint density at radius 2 is 1.79 bits per heavy atom. The zero-order valence-electron chi connectivity index (χ0n) is 9.09. The largest absolute Gasteiger partial charge is 0.366 e. The van der Waals surface area contributed by atoms with E-state index in [0.717, 1.165) is 0 Å². The van der Waals surface area contributed by atoms with Crippen LogP contribution in [-0.2, 0) is 0 Å². The molecule has 75 valence electrons. The molecular formula is C13H18N. The number of nitrogens with zero attached hydrogens (tertiary/aromatic N) is 1. The van der Waals surface area contributed by atoms with Crippen LogP contribution in [0.15, 0.2) is 18.2 Å². The van der Waals surface area contributed by atoms with Crippen molar-refractivity contribution in [3.05, 3.63) is 35.9 Å². The summed E-state index contributed by atoms with van der Waals surface area (Å²) in [6.07, 6.45) is 3.90. The number of hydrogen-bond donors (Lipinski definition) is 0. The Morgan fingerprint density at radius 1 is 1.07 bits per heavy atom. The topological polar surface area (TPSA) is 3.24 Å². The number of piperidine rings is 1. The molecule has 0 aliphatic carbocycles. The highest BCUT2D eigenvalue weighted by Gasteiger charge is 2.14. The van der Waals surface area contributed by atoms with E-state index in [2.05, 4.69) is 43.5 Å². The lowest BCUT2D eigenvalue weighted by atomic mass is 10.0. The van der Waals surface area contributed by atoms with Crippen molar-refractivity contribution >= 4 is 5.69 Å². The first-order valence-electron chi connectivity index (χ1n) is 5.45. The van der Waals surface area contributed by atoms with Crippen LogP contribution >= 0.6 is 0 Å². The van der Waals surface area contributed by atoms with Gasteiger partial charge in [0.05, 0.1) is 0 Å². The van der Waals surface area contributed by atoms with E-state index in [1.54, 1.807) is 0 Å². The molecule has 1 fully saturated rings. The van der Waals surface area contributed by atoms with Crippen molar-refractivity contribution in [2.45, 2.75) is 33.1 Å². The zero-order chi connectivity index (χ0) is 9.97. The van der Waals surface area contributed by atoms with Crippen LogP contribution in [0.25, 0.3) is 0 Å². The quantitative estimate of drug-likeness (QED) is 0.652. The van der Waals surface area contributed by atoms with E-state index in [0.29, 0.717) is 0 Å². The van der Waals surface area contributed by atoms with E-state index in [1.807, 2.05) is 0 Å². The Balaban J connectivity index is 2.29. The van der Waals surface area contributed by atoms with Crippen LogP contribution in [0.1, 0.15) is 30.4 Å². The number of hydrogen-bond acceptors (Lipinski definition) is 1. The lowest BCUT2D eigenvalue weighted by Gasteiger charge is -2.30. The second kappa shape index (κ2) is 4.04. The third kappa shape index (κ3) is 1.77. The Kier molecular flexibility index (Phi) is 2.76. The predicted molar refractivity (Wildman–Crippen MR) is 61.4 cm³/mol. The molecule has 1 aromatic rings. The highest BCUT2D eigenvalue weighted by Crippen LogP contribution is 2.28. The van der Waals surface area contributed by atoms with Crippen molar-refractivity contribution in [3.63, 3.8) is 0 Å². The second-order valence-corrected chi connectivity index (χ2v) is 4.11. The molecule has 0 spiro atoms. The van der Waals surface area contributed by atoms with Crippen molar-refractivity contribution in [3.8, 4) is 0 Å². The van der Waals surface area contributed by atoms with Crippen LogP contribution in [0, 0.1) is 20.4 Å². The second-order valence-electron chi connectivity index (χ2n) is 4.11. The lowest BCUT2D eigenvalue weighted by Crippen LogP contribution is -2.26. The molecular weight excluding hydrogens is 170 g/mol. The van der Waals surface area contributed by atoms with Gasteiger partial charge in [-0.1, -0.05) is 18.2 Å². The molecule has 14 heavy (non-hydrogen) atoms. The monoisotopic (exact) mass is 188 g/mol. The Labute approximate surface area is 86.7 Å². The third-order valence-corrected chi connectivity index (χ3v) is 2.93. The van der Waals surface area contributed by atoms with Crippen molar-refractivity contribution in [2.75, 3.05) is 11.4 Å². The zero-order valence-corrected chi connectivity index (χ0v) is 9.09. The molecule has 0 amide bonds. The number of anilines is 1. The molecule has 1 saturated heterocycles. The van der Waals surface area contributed by atoms with E-state index in [9.17, 15) is 0 Å². The van der Waals surface area contributed by atoms with Crippen LogP contribution in [-0.4, -0.2) is 6.54 Å². The molecule has 2 rings (SSSR count). The van der Waals surface area contributed by atoms with Gasteiger partial charge in [-0.15, -0.1) is 0 Å². The molecule has 0 saturated carbocycles. The summed E-state index contributed by atoms with van der Waals surface area (Å²) < 4.78 is 0. The first kappa shape index (κ1) is 9.57. The van der Waals surface area contributed by atoms with Crippen LogP contribution < -0.4 is 4.90 Å². The van der Waals surface area contributed by atoms with Gasteiger partial charge >= 0.3 is 0 Å². The average molecular weight is 188 g/mol. The fourth-order valence-corrected chi connectivity index (χ4v) is 2.23. The molecule has 1 heteroatoms. The molecule has 0 aromatic heterocycles. The standard InChI is InChI=1S/C13H18N/c1-11-7-6-8-12(2)13(11)14-9-4-3-5-10-14/h6-9H,3-5,10H2,1-2H3. The van der Waals surface area contributed by atoms with Crippen LogP contribution in [0.5, 0.6) is 0 Å². The predicted octanol–water partition coefficient (Wildman–Crippen LogP) is 3.46. The molecule has 0 bridgehead atoms. The summed E-state index contributed by atoms with van der Waals surface area (Å²) in [6.45, 7) is 7.93. The molecule has 0 unspecified atom stereocenters. The van der Waals surface area contributed by atoms with Gasteiger partial charge < -0.3 is 4.90 Å². The van der Waals surface area contributed by atoms with Gasteiger partial charge in [0.2, 0.25) is 0 Å². The van der Waals surface area contributed by atoms with E-state index in [1.165, 1.54) is 42.6 Å². The van der Waals surface area contributed by atoms with Gasteiger partial charge in [0.15, 0.2) is 0 Å². The Bertz CT molecular complexity index is 291. The third-order valence-electron chi connectivity index (χ3n) is 2.93. The van der Waals surface area contributed by atoms with Crippen molar-refractivity contribution in [1.82, 2.24) is 0 Å². The molecule has 1 aromatic carbocycles. The van der Waals surface area contributed by atoms with E-state index >= 15 is 0 Å². The fraction of sp³-hybridized carbons (Fsp3) is 0.462. The molecule has 1 heterocycles. The van der Waals surface area contributed by atoms with Gasteiger partial charge in [-0.25, -0.2) is 0 Å². The van der Waals surface area contributed by atoms with E-state index < -0.39 is 0 Å². The molecule has 1 nitrogen and oxygen atoms in total. The Hall–Kier alpha value is -0.980. The normalized spacial score (nSPS) is 17.1.